The third-order valence-electron chi connectivity index (χ3n) is 4.87. The number of thioether (sulfide) groups is 1. The number of ketones is 1. The molecule has 28 heavy (non-hydrogen) atoms. The standard InChI is InChI=1S/C22H30BrNO3S/c1-3-4-5-6-7-8-9-10-13-28-15-20(26)21-18-14-17(23)11-12-19(18)24(16(2)25)22(21)27/h11-12,14,27H,3-10,13,15H2,1-2H3. The zero-order valence-corrected chi connectivity index (χ0v) is 19.2. The summed E-state index contributed by atoms with van der Waals surface area (Å²) in [6.07, 6.45) is 10.2. The maximum Gasteiger partial charge on any atom is 0.230 e. The lowest BCUT2D eigenvalue weighted by Gasteiger charge is -2.03. The molecule has 0 aliphatic rings. The Bertz CT molecular complexity index is 816. The van der Waals surface area contributed by atoms with Gasteiger partial charge in [-0.05, 0) is 30.4 Å². The highest BCUT2D eigenvalue weighted by atomic mass is 79.9. The van der Waals surface area contributed by atoms with Gasteiger partial charge in [0.05, 0.1) is 16.8 Å². The van der Waals surface area contributed by atoms with E-state index in [-0.39, 0.29) is 23.1 Å². The summed E-state index contributed by atoms with van der Waals surface area (Å²) in [5.41, 5.74) is 0.805. The van der Waals surface area contributed by atoms with Crippen LogP contribution in [0, 0.1) is 0 Å². The Morgan fingerprint density at radius 2 is 1.71 bits per heavy atom. The second-order valence-electron chi connectivity index (χ2n) is 7.17. The maximum atomic E-state index is 12.7. The van der Waals surface area contributed by atoms with Crippen molar-refractivity contribution in [1.82, 2.24) is 4.57 Å². The zero-order valence-electron chi connectivity index (χ0n) is 16.8. The van der Waals surface area contributed by atoms with Gasteiger partial charge in [0.25, 0.3) is 0 Å². The number of Topliss-reactive ketones (excluding diaryl/α,β-unsaturated/α-hetero) is 1. The molecule has 2 aromatic rings. The van der Waals surface area contributed by atoms with E-state index in [0.29, 0.717) is 16.7 Å². The van der Waals surface area contributed by atoms with E-state index in [4.69, 9.17) is 0 Å². The molecule has 0 bridgehead atoms. The van der Waals surface area contributed by atoms with Crippen LogP contribution in [0.25, 0.3) is 10.9 Å². The molecule has 1 aromatic heterocycles. The van der Waals surface area contributed by atoms with Gasteiger partial charge in [0.1, 0.15) is 0 Å². The molecule has 0 unspecified atom stereocenters. The molecule has 4 nitrogen and oxygen atoms in total. The number of hydrogen-bond donors (Lipinski definition) is 1. The first-order valence-electron chi connectivity index (χ1n) is 10.1. The van der Waals surface area contributed by atoms with E-state index >= 15 is 0 Å². The quantitative estimate of drug-likeness (QED) is 0.274. The molecule has 1 N–H and O–H groups in total. The molecule has 1 aromatic carbocycles. The molecule has 154 valence electrons. The summed E-state index contributed by atoms with van der Waals surface area (Å²) in [6.45, 7) is 3.61. The largest absolute Gasteiger partial charge is 0.494 e. The van der Waals surface area contributed by atoms with E-state index in [2.05, 4.69) is 22.9 Å². The minimum atomic E-state index is -0.310. The topological polar surface area (TPSA) is 59.3 Å². The third-order valence-corrected chi connectivity index (χ3v) is 6.41. The van der Waals surface area contributed by atoms with Crippen LogP contribution < -0.4 is 0 Å². The second kappa shape index (κ2) is 11.7. The van der Waals surface area contributed by atoms with Gasteiger partial charge in [0, 0.05) is 16.8 Å². The van der Waals surface area contributed by atoms with Crippen molar-refractivity contribution in [3.63, 3.8) is 0 Å². The number of hydrogen-bond acceptors (Lipinski definition) is 4. The summed E-state index contributed by atoms with van der Waals surface area (Å²) in [5.74, 6) is 0.559. The van der Waals surface area contributed by atoms with Crippen LogP contribution >= 0.6 is 27.7 Å². The Labute approximate surface area is 180 Å². The van der Waals surface area contributed by atoms with E-state index in [0.717, 1.165) is 16.6 Å². The van der Waals surface area contributed by atoms with Crippen LogP contribution in [0.5, 0.6) is 5.88 Å². The molecular weight excluding hydrogens is 438 g/mol. The maximum absolute atomic E-state index is 12.7. The number of fused-ring (bicyclic) bond motifs is 1. The molecule has 0 saturated heterocycles. The van der Waals surface area contributed by atoms with Gasteiger partial charge >= 0.3 is 0 Å². The number of carbonyl (C=O) groups is 2. The van der Waals surface area contributed by atoms with Crippen LogP contribution in [0.3, 0.4) is 0 Å². The molecule has 2 rings (SSSR count). The fourth-order valence-electron chi connectivity index (χ4n) is 3.42. The van der Waals surface area contributed by atoms with Gasteiger partial charge in [-0.15, -0.1) is 0 Å². The van der Waals surface area contributed by atoms with Gasteiger partial charge in [-0.25, -0.2) is 0 Å². The highest BCUT2D eigenvalue weighted by Gasteiger charge is 2.24. The van der Waals surface area contributed by atoms with Crippen molar-refractivity contribution in [3.05, 3.63) is 28.2 Å². The van der Waals surface area contributed by atoms with Crippen molar-refractivity contribution in [2.45, 2.75) is 65.2 Å². The smallest absolute Gasteiger partial charge is 0.230 e. The number of halogens is 1. The number of carbonyl (C=O) groups excluding carboxylic acids is 2. The summed E-state index contributed by atoms with van der Waals surface area (Å²) < 4.78 is 2.01. The average molecular weight is 468 g/mol. The van der Waals surface area contributed by atoms with Gasteiger partial charge in [-0.1, -0.05) is 67.8 Å². The SMILES string of the molecule is CCCCCCCCCCSCC(=O)c1c(O)n(C(C)=O)c2ccc(Br)cc12. The van der Waals surface area contributed by atoms with Crippen molar-refractivity contribution in [3.8, 4) is 5.88 Å². The van der Waals surface area contributed by atoms with E-state index in [1.165, 1.54) is 56.4 Å². The lowest BCUT2D eigenvalue weighted by atomic mass is 10.1. The Morgan fingerprint density at radius 3 is 2.36 bits per heavy atom. The summed E-state index contributed by atoms with van der Waals surface area (Å²) in [5, 5.41) is 11.1. The Balaban J connectivity index is 1.88. The number of aromatic hydroxyl groups is 1. The van der Waals surface area contributed by atoms with E-state index < -0.39 is 0 Å². The van der Waals surface area contributed by atoms with Crippen LogP contribution in [0.4, 0.5) is 0 Å². The van der Waals surface area contributed by atoms with Gasteiger partial charge < -0.3 is 5.11 Å². The van der Waals surface area contributed by atoms with E-state index in [1.807, 2.05) is 0 Å². The van der Waals surface area contributed by atoms with Gasteiger partial charge in [-0.3, -0.25) is 14.2 Å². The monoisotopic (exact) mass is 467 g/mol. The van der Waals surface area contributed by atoms with Gasteiger partial charge in [-0.2, -0.15) is 11.8 Å². The normalized spacial score (nSPS) is 11.2. The Hall–Kier alpha value is -1.27. The number of benzene rings is 1. The average Bonchev–Trinajstić information content (AvgIpc) is 2.94. The molecule has 0 amide bonds. The molecule has 0 spiro atoms. The van der Waals surface area contributed by atoms with Crippen LogP contribution in [0.2, 0.25) is 0 Å². The summed E-state index contributed by atoms with van der Waals surface area (Å²) in [7, 11) is 0. The van der Waals surface area contributed by atoms with Gasteiger partial charge in [0.15, 0.2) is 5.78 Å². The van der Waals surface area contributed by atoms with Crippen LogP contribution in [0.15, 0.2) is 22.7 Å². The predicted molar refractivity (Wildman–Crippen MR) is 122 cm³/mol. The number of rotatable bonds is 12. The summed E-state index contributed by atoms with van der Waals surface area (Å²) >= 11 is 5.00. The third kappa shape index (κ3) is 6.11. The van der Waals surface area contributed by atoms with Crippen LogP contribution in [-0.2, 0) is 0 Å². The molecule has 0 aliphatic heterocycles. The Kier molecular flexibility index (Phi) is 9.59. The first-order valence-corrected chi connectivity index (χ1v) is 12.1. The molecule has 0 aliphatic carbocycles. The first kappa shape index (κ1) is 23.0. The minimum absolute atomic E-state index is 0.134. The van der Waals surface area contributed by atoms with Crippen LogP contribution in [-0.4, -0.2) is 32.9 Å². The summed E-state index contributed by atoms with van der Waals surface area (Å²) in [6, 6.07) is 5.32. The van der Waals surface area contributed by atoms with Crippen LogP contribution in [0.1, 0.15) is 80.4 Å². The second-order valence-corrected chi connectivity index (χ2v) is 9.19. The minimum Gasteiger partial charge on any atom is -0.494 e. The number of unbranched alkanes of at least 4 members (excludes halogenated alkanes) is 7. The molecule has 6 heteroatoms. The molecule has 0 atom stereocenters. The fourth-order valence-corrected chi connectivity index (χ4v) is 4.66. The zero-order chi connectivity index (χ0) is 20.5. The lowest BCUT2D eigenvalue weighted by Crippen LogP contribution is -2.06. The van der Waals surface area contributed by atoms with Crippen molar-refractivity contribution in [1.29, 1.82) is 0 Å². The highest BCUT2D eigenvalue weighted by Crippen LogP contribution is 2.34. The number of aromatic nitrogens is 1. The summed E-state index contributed by atoms with van der Waals surface area (Å²) in [4.78, 5) is 24.7. The lowest BCUT2D eigenvalue weighted by molar-refractivity contribution is 0.0933. The molecule has 0 radical (unpaired) electrons. The van der Waals surface area contributed by atoms with Gasteiger partial charge in [0.2, 0.25) is 11.8 Å². The van der Waals surface area contributed by atoms with Crippen molar-refractivity contribution in [2.24, 2.45) is 0 Å². The van der Waals surface area contributed by atoms with Crippen molar-refractivity contribution < 1.29 is 14.7 Å². The Morgan fingerprint density at radius 1 is 1.07 bits per heavy atom. The molecule has 0 saturated carbocycles. The van der Waals surface area contributed by atoms with E-state index in [9.17, 15) is 14.7 Å². The first-order chi connectivity index (χ1) is 13.5. The highest BCUT2D eigenvalue weighted by molar-refractivity contribution is 9.10. The molecular formula is C22H30BrNO3S. The number of nitrogens with zero attached hydrogens (tertiary/aromatic N) is 1. The molecule has 1 heterocycles. The van der Waals surface area contributed by atoms with Crippen molar-refractivity contribution >= 4 is 50.3 Å². The van der Waals surface area contributed by atoms with Crippen molar-refractivity contribution in [2.75, 3.05) is 11.5 Å². The predicted octanol–water partition coefficient (Wildman–Crippen LogP) is 6.83. The fraction of sp³-hybridized carbons (Fsp3) is 0.545. The molecule has 0 fully saturated rings. The van der Waals surface area contributed by atoms with E-state index in [1.54, 1.807) is 30.0 Å².